The molecule has 1 aromatic heterocycles. The first kappa shape index (κ1) is 9.98. The molecule has 70 valence electrons. The highest BCUT2D eigenvalue weighted by atomic mass is 79.9. The molecule has 13 heavy (non-hydrogen) atoms. The van der Waals surface area contributed by atoms with Crippen LogP contribution in [0.1, 0.15) is 5.56 Å². The van der Waals surface area contributed by atoms with E-state index in [-0.39, 0.29) is 11.8 Å². The Bertz CT molecular complexity index is 372. The van der Waals surface area contributed by atoms with Crippen LogP contribution < -0.4 is 5.43 Å². The molecular formula is C8H8BrNO3. The van der Waals surface area contributed by atoms with Crippen molar-refractivity contribution in [3.05, 3.63) is 32.7 Å². The van der Waals surface area contributed by atoms with Gasteiger partial charge in [0.1, 0.15) is 0 Å². The molecule has 0 amide bonds. The Morgan fingerprint density at radius 3 is 2.92 bits per heavy atom. The number of carbonyl (C=O) groups is 1. The number of aromatic nitrogens is 1. The molecule has 1 N–H and O–H groups in total. The molecule has 1 heterocycles. The second-order valence-corrected chi connectivity index (χ2v) is 3.26. The van der Waals surface area contributed by atoms with Crippen molar-refractivity contribution in [3.8, 4) is 0 Å². The zero-order valence-electron chi connectivity index (χ0n) is 6.96. The first-order valence-electron chi connectivity index (χ1n) is 3.57. The molecule has 0 unspecified atom stereocenters. The molecule has 1 rings (SSSR count). The molecule has 0 aliphatic heterocycles. The summed E-state index contributed by atoms with van der Waals surface area (Å²) in [6.07, 6.45) is 3.00. The maximum Gasteiger partial charge on any atom is 0.310 e. The highest BCUT2D eigenvalue weighted by Gasteiger charge is 2.07. The van der Waals surface area contributed by atoms with E-state index in [1.54, 1.807) is 0 Å². The largest absolute Gasteiger partial charge is 0.469 e. The predicted molar refractivity (Wildman–Crippen MR) is 50.5 cm³/mol. The lowest BCUT2D eigenvalue weighted by molar-refractivity contribution is -0.139. The van der Waals surface area contributed by atoms with Crippen LogP contribution in [0.2, 0.25) is 0 Å². The van der Waals surface area contributed by atoms with Crippen molar-refractivity contribution in [3.63, 3.8) is 0 Å². The molecule has 0 spiro atoms. The lowest BCUT2D eigenvalue weighted by Gasteiger charge is -1.98. The second kappa shape index (κ2) is 4.23. The molecule has 0 radical (unpaired) electrons. The summed E-state index contributed by atoms with van der Waals surface area (Å²) in [6.45, 7) is 0. The van der Waals surface area contributed by atoms with Gasteiger partial charge in [0.2, 0.25) is 0 Å². The van der Waals surface area contributed by atoms with Gasteiger partial charge in [-0.25, -0.2) is 0 Å². The van der Waals surface area contributed by atoms with Gasteiger partial charge in [-0.2, -0.15) is 0 Å². The van der Waals surface area contributed by atoms with Gasteiger partial charge in [-0.05, 0) is 15.9 Å². The second-order valence-electron chi connectivity index (χ2n) is 2.41. The van der Waals surface area contributed by atoms with Crippen molar-refractivity contribution in [2.24, 2.45) is 0 Å². The van der Waals surface area contributed by atoms with E-state index >= 15 is 0 Å². The van der Waals surface area contributed by atoms with Crippen LogP contribution >= 0.6 is 15.9 Å². The summed E-state index contributed by atoms with van der Waals surface area (Å²) in [5.41, 5.74) is 0.199. The number of rotatable bonds is 2. The van der Waals surface area contributed by atoms with Crippen molar-refractivity contribution in [2.75, 3.05) is 7.11 Å². The summed E-state index contributed by atoms with van der Waals surface area (Å²) < 4.78 is 4.85. The Morgan fingerprint density at radius 1 is 1.62 bits per heavy atom. The van der Waals surface area contributed by atoms with Crippen LogP contribution in [-0.2, 0) is 16.0 Å². The molecule has 0 aliphatic carbocycles. The van der Waals surface area contributed by atoms with Gasteiger partial charge < -0.3 is 9.72 Å². The van der Waals surface area contributed by atoms with Gasteiger partial charge in [0.05, 0.1) is 18.0 Å². The van der Waals surface area contributed by atoms with E-state index < -0.39 is 5.97 Å². The van der Waals surface area contributed by atoms with Gasteiger partial charge in [-0.15, -0.1) is 0 Å². The van der Waals surface area contributed by atoms with E-state index in [9.17, 15) is 9.59 Å². The summed E-state index contributed by atoms with van der Waals surface area (Å²) in [5.74, 6) is -0.427. The molecule has 0 atom stereocenters. The quantitative estimate of drug-likeness (QED) is 0.787. The minimum atomic E-state index is -0.427. The Labute approximate surface area is 83.1 Å². The number of aromatic amines is 1. The molecule has 4 nitrogen and oxygen atoms in total. The maximum atomic E-state index is 11.3. The normalized spacial score (nSPS) is 9.69. The smallest absolute Gasteiger partial charge is 0.310 e. The lowest BCUT2D eigenvalue weighted by atomic mass is 10.2. The first-order valence-corrected chi connectivity index (χ1v) is 4.36. The van der Waals surface area contributed by atoms with E-state index in [0.29, 0.717) is 10.0 Å². The third-order valence-electron chi connectivity index (χ3n) is 1.54. The van der Waals surface area contributed by atoms with Gasteiger partial charge in [0, 0.05) is 18.0 Å². The van der Waals surface area contributed by atoms with Crippen LogP contribution in [0.3, 0.4) is 0 Å². The summed E-state index contributed by atoms with van der Waals surface area (Å²) in [5, 5.41) is 0. The topological polar surface area (TPSA) is 59.2 Å². The molecule has 0 saturated heterocycles. The van der Waals surface area contributed by atoms with Crippen LogP contribution in [0.25, 0.3) is 0 Å². The third kappa shape index (κ3) is 2.42. The van der Waals surface area contributed by atoms with Crippen molar-refractivity contribution in [1.82, 2.24) is 4.98 Å². The molecule has 0 saturated carbocycles. The number of ether oxygens (including phenoxy) is 1. The average Bonchev–Trinajstić information content (AvgIpc) is 2.13. The monoisotopic (exact) mass is 245 g/mol. The number of methoxy groups -OCH3 is 1. The van der Waals surface area contributed by atoms with E-state index in [2.05, 4.69) is 25.7 Å². The van der Waals surface area contributed by atoms with Crippen LogP contribution in [-0.4, -0.2) is 18.1 Å². The third-order valence-corrected chi connectivity index (χ3v) is 2.13. The van der Waals surface area contributed by atoms with Crippen molar-refractivity contribution in [2.45, 2.75) is 6.42 Å². The van der Waals surface area contributed by atoms with Crippen LogP contribution in [0.15, 0.2) is 21.7 Å². The number of halogens is 1. The highest BCUT2D eigenvalue weighted by Crippen LogP contribution is 2.02. The molecule has 0 fully saturated rings. The SMILES string of the molecule is COC(=O)Cc1c[nH]cc(Br)c1=O. The Balaban J connectivity index is 2.96. The van der Waals surface area contributed by atoms with Crippen LogP contribution in [0.5, 0.6) is 0 Å². The van der Waals surface area contributed by atoms with Crippen molar-refractivity contribution in [1.29, 1.82) is 0 Å². The number of nitrogens with one attached hydrogen (secondary N) is 1. The molecule has 5 heteroatoms. The minimum Gasteiger partial charge on any atom is -0.469 e. The van der Waals surface area contributed by atoms with Gasteiger partial charge >= 0.3 is 5.97 Å². The predicted octanol–water partition coefficient (Wildman–Crippen LogP) is 0.853. The number of esters is 1. The molecule has 0 bridgehead atoms. The fourth-order valence-corrected chi connectivity index (χ4v) is 1.25. The van der Waals surface area contributed by atoms with Gasteiger partial charge in [-0.3, -0.25) is 9.59 Å². The lowest BCUT2D eigenvalue weighted by Crippen LogP contribution is -2.15. The number of carbonyl (C=O) groups excluding carboxylic acids is 1. The number of H-pyrrole nitrogens is 1. The highest BCUT2D eigenvalue weighted by molar-refractivity contribution is 9.10. The van der Waals surface area contributed by atoms with Crippen LogP contribution in [0.4, 0.5) is 0 Å². The zero-order valence-corrected chi connectivity index (χ0v) is 8.55. The Morgan fingerprint density at radius 2 is 2.31 bits per heavy atom. The Hall–Kier alpha value is -1.10. The minimum absolute atomic E-state index is 0.00866. The van der Waals surface area contributed by atoms with E-state index in [1.165, 1.54) is 19.5 Å². The number of hydrogen-bond donors (Lipinski definition) is 1. The average molecular weight is 246 g/mol. The zero-order chi connectivity index (χ0) is 9.84. The number of pyridine rings is 1. The summed E-state index contributed by atoms with van der Waals surface area (Å²) in [6, 6.07) is 0. The summed E-state index contributed by atoms with van der Waals surface area (Å²) in [7, 11) is 1.29. The molecule has 0 aromatic carbocycles. The van der Waals surface area contributed by atoms with E-state index in [1.807, 2.05) is 0 Å². The molecule has 1 aromatic rings. The van der Waals surface area contributed by atoms with Crippen molar-refractivity contribution < 1.29 is 9.53 Å². The molecule has 0 aliphatic rings. The fraction of sp³-hybridized carbons (Fsp3) is 0.250. The summed E-state index contributed by atoms with van der Waals surface area (Å²) in [4.78, 5) is 24.9. The van der Waals surface area contributed by atoms with Crippen LogP contribution in [0, 0.1) is 0 Å². The fourth-order valence-electron chi connectivity index (χ4n) is 0.859. The number of hydrogen-bond acceptors (Lipinski definition) is 3. The van der Waals surface area contributed by atoms with E-state index in [4.69, 9.17) is 0 Å². The first-order chi connectivity index (χ1) is 6.15. The van der Waals surface area contributed by atoms with Gasteiger partial charge in [-0.1, -0.05) is 0 Å². The van der Waals surface area contributed by atoms with E-state index in [0.717, 1.165) is 0 Å². The van der Waals surface area contributed by atoms with Gasteiger partial charge in [0.25, 0.3) is 0 Å². The summed E-state index contributed by atoms with van der Waals surface area (Å²) >= 11 is 3.06. The molecular weight excluding hydrogens is 238 g/mol. The maximum absolute atomic E-state index is 11.3. The Kier molecular flexibility index (Phi) is 3.25. The van der Waals surface area contributed by atoms with Crippen molar-refractivity contribution >= 4 is 21.9 Å². The standard InChI is InChI=1S/C8H8BrNO3/c1-13-7(11)2-5-3-10-4-6(9)8(5)12/h3-4H,2H2,1H3,(H,10,12). The van der Waals surface area contributed by atoms with Gasteiger partial charge in [0.15, 0.2) is 5.43 Å².